The molecule has 0 radical (unpaired) electrons. The highest BCUT2D eigenvalue weighted by molar-refractivity contribution is 8.02. The van der Waals surface area contributed by atoms with Crippen molar-refractivity contribution in [1.82, 2.24) is 10.2 Å². The van der Waals surface area contributed by atoms with Gasteiger partial charge in [-0.2, -0.15) is 0 Å². The van der Waals surface area contributed by atoms with Crippen molar-refractivity contribution in [2.45, 2.75) is 42.7 Å². The number of nitrogens with zero attached hydrogens (tertiary/aromatic N) is 2. The van der Waals surface area contributed by atoms with E-state index in [2.05, 4.69) is 35.4 Å². The molecule has 0 saturated heterocycles. The number of benzene rings is 1. The Bertz CT molecular complexity index is 669. The Morgan fingerprint density at radius 2 is 2.19 bits per heavy atom. The first-order valence-electron chi connectivity index (χ1n) is 6.99. The molecule has 6 heteroatoms. The second-order valence-electron chi connectivity index (χ2n) is 5.21. The number of aryl methyl sites for hydroxylation is 1. The lowest BCUT2D eigenvalue weighted by atomic mass is 10.1. The third kappa shape index (κ3) is 3.27. The summed E-state index contributed by atoms with van der Waals surface area (Å²) in [6, 6.07) is 6.16. The first kappa shape index (κ1) is 14.5. The van der Waals surface area contributed by atoms with E-state index in [1.807, 2.05) is 12.1 Å². The van der Waals surface area contributed by atoms with Gasteiger partial charge in [0.05, 0.1) is 5.25 Å². The van der Waals surface area contributed by atoms with E-state index in [-0.39, 0.29) is 5.25 Å². The van der Waals surface area contributed by atoms with Crippen LogP contribution in [0.15, 0.2) is 22.5 Å². The van der Waals surface area contributed by atoms with Crippen molar-refractivity contribution < 1.29 is 4.79 Å². The molecule has 1 saturated carbocycles. The van der Waals surface area contributed by atoms with E-state index >= 15 is 0 Å². The van der Waals surface area contributed by atoms with E-state index < -0.39 is 0 Å². The van der Waals surface area contributed by atoms with Crippen molar-refractivity contribution in [2.24, 2.45) is 0 Å². The Morgan fingerprint density at radius 1 is 1.33 bits per heavy atom. The van der Waals surface area contributed by atoms with Crippen LogP contribution in [-0.4, -0.2) is 21.2 Å². The number of nitrogens with one attached hydrogen (secondary N) is 1. The number of carbonyl (C=O) groups is 1. The zero-order valence-corrected chi connectivity index (χ0v) is 13.7. The molecule has 1 atom stereocenters. The van der Waals surface area contributed by atoms with Gasteiger partial charge in [0.25, 0.3) is 0 Å². The van der Waals surface area contributed by atoms with Gasteiger partial charge in [-0.15, -0.1) is 10.2 Å². The van der Waals surface area contributed by atoms with Crippen molar-refractivity contribution in [3.63, 3.8) is 0 Å². The number of thioether (sulfide) groups is 1. The zero-order chi connectivity index (χ0) is 14.8. The van der Waals surface area contributed by atoms with E-state index in [4.69, 9.17) is 0 Å². The lowest BCUT2D eigenvalue weighted by Gasteiger charge is -2.08. The van der Waals surface area contributed by atoms with Gasteiger partial charge in [0.1, 0.15) is 5.78 Å². The van der Waals surface area contributed by atoms with E-state index in [0.29, 0.717) is 12.2 Å². The van der Waals surface area contributed by atoms with Crippen LogP contribution in [0.3, 0.4) is 0 Å². The van der Waals surface area contributed by atoms with E-state index in [0.717, 1.165) is 28.0 Å². The van der Waals surface area contributed by atoms with Crippen LogP contribution in [0.2, 0.25) is 0 Å². The van der Waals surface area contributed by atoms with Crippen molar-refractivity contribution in [3.8, 4) is 0 Å². The van der Waals surface area contributed by atoms with E-state index in [1.165, 1.54) is 22.5 Å². The zero-order valence-electron chi connectivity index (χ0n) is 12.0. The summed E-state index contributed by atoms with van der Waals surface area (Å²) in [5.74, 6) is 0.347. The van der Waals surface area contributed by atoms with Gasteiger partial charge in [0.15, 0.2) is 4.34 Å². The van der Waals surface area contributed by atoms with Crippen LogP contribution in [-0.2, 0) is 4.79 Å². The van der Waals surface area contributed by atoms with Crippen LogP contribution in [0.4, 0.5) is 10.8 Å². The average Bonchev–Trinajstić information content (AvgIpc) is 3.06. The van der Waals surface area contributed by atoms with Gasteiger partial charge in [-0.1, -0.05) is 35.2 Å². The second kappa shape index (κ2) is 6.15. The van der Waals surface area contributed by atoms with Gasteiger partial charge in [0.2, 0.25) is 5.13 Å². The van der Waals surface area contributed by atoms with E-state index in [9.17, 15) is 4.79 Å². The van der Waals surface area contributed by atoms with Crippen LogP contribution < -0.4 is 5.32 Å². The number of anilines is 2. The maximum Gasteiger partial charge on any atom is 0.210 e. The molecule has 21 heavy (non-hydrogen) atoms. The van der Waals surface area contributed by atoms with Gasteiger partial charge in [-0.3, -0.25) is 4.79 Å². The third-order valence-electron chi connectivity index (χ3n) is 3.74. The molecule has 0 unspecified atom stereocenters. The van der Waals surface area contributed by atoms with Crippen molar-refractivity contribution in [2.75, 3.05) is 5.32 Å². The highest BCUT2D eigenvalue weighted by atomic mass is 32.2. The standard InChI is InChI=1S/C15H17N3OS2/c1-9-5-3-6-11(10(9)2)16-14-17-18-15(21-14)20-13-8-4-7-12(13)19/h3,5-6,13H,4,7-8H2,1-2H3,(H,16,17)/t13-/m1/s1. The number of carbonyl (C=O) groups excluding carboxylic acids is 1. The first-order valence-corrected chi connectivity index (χ1v) is 8.69. The molecular formula is C15H17N3OS2. The molecule has 1 N–H and O–H groups in total. The summed E-state index contributed by atoms with van der Waals surface area (Å²) in [4.78, 5) is 11.7. The molecule has 2 aromatic rings. The lowest BCUT2D eigenvalue weighted by molar-refractivity contribution is -0.116. The molecule has 0 amide bonds. The number of aromatic nitrogens is 2. The molecular weight excluding hydrogens is 302 g/mol. The molecule has 0 bridgehead atoms. The van der Waals surface area contributed by atoms with Crippen molar-refractivity contribution in [3.05, 3.63) is 29.3 Å². The van der Waals surface area contributed by atoms with Crippen LogP contribution in [0.1, 0.15) is 30.4 Å². The van der Waals surface area contributed by atoms with Gasteiger partial charge < -0.3 is 5.32 Å². The molecule has 110 valence electrons. The molecule has 0 aliphatic heterocycles. The van der Waals surface area contributed by atoms with Crippen LogP contribution in [0, 0.1) is 13.8 Å². The second-order valence-corrected chi connectivity index (χ2v) is 7.64. The fourth-order valence-electron chi connectivity index (χ4n) is 2.34. The summed E-state index contributed by atoms with van der Waals surface area (Å²) in [5, 5.41) is 12.5. The maximum absolute atomic E-state index is 11.7. The smallest absolute Gasteiger partial charge is 0.210 e. The molecule has 1 aromatic carbocycles. The summed E-state index contributed by atoms with van der Waals surface area (Å²) in [5.41, 5.74) is 3.52. The monoisotopic (exact) mass is 319 g/mol. The molecule has 1 aliphatic rings. The van der Waals surface area contributed by atoms with Gasteiger partial charge >= 0.3 is 0 Å². The SMILES string of the molecule is Cc1cccc(Nc2nnc(S[C@@H]3CCCC3=O)s2)c1C. The highest BCUT2D eigenvalue weighted by Gasteiger charge is 2.26. The number of hydrogen-bond acceptors (Lipinski definition) is 6. The van der Waals surface area contributed by atoms with Gasteiger partial charge in [0, 0.05) is 12.1 Å². The van der Waals surface area contributed by atoms with Gasteiger partial charge in [-0.05, 0) is 43.9 Å². The maximum atomic E-state index is 11.7. The topological polar surface area (TPSA) is 54.9 Å². The molecule has 4 nitrogen and oxygen atoms in total. The normalized spacial score (nSPS) is 18.2. The lowest BCUT2D eigenvalue weighted by Crippen LogP contribution is -2.07. The average molecular weight is 319 g/mol. The number of Topliss-reactive ketones (excluding diaryl/α,β-unsaturated/α-hetero) is 1. The number of ketones is 1. The molecule has 1 aliphatic carbocycles. The predicted molar refractivity (Wildman–Crippen MR) is 87.6 cm³/mol. The summed E-state index contributed by atoms with van der Waals surface area (Å²) in [7, 11) is 0. The fourth-order valence-corrected chi connectivity index (χ4v) is 4.47. The Hall–Kier alpha value is -1.40. The Morgan fingerprint density at radius 3 is 2.95 bits per heavy atom. The summed E-state index contributed by atoms with van der Waals surface area (Å²) >= 11 is 3.06. The third-order valence-corrected chi connectivity index (χ3v) is 5.98. The minimum absolute atomic E-state index is 0.0755. The minimum Gasteiger partial charge on any atom is -0.330 e. The Balaban J connectivity index is 1.70. The summed E-state index contributed by atoms with van der Waals surface area (Å²) < 4.78 is 0.864. The van der Waals surface area contributed by atoms with Crippen LogP contribution in [0.25, 0.3) is 0 Å². The Kier molecular flexibility index (Phi) is 4.26. The van der Waals surface area contributed by atoms with Crippen LogP contribution >= 0.6 is 23.1 Å². The molecule has 1 heterocycles. The fraction of sp³-hybridized carbons (Fsp3) is 0.400. The largest absolute Gasteiger partial charge is 0.330 e. The molecule has 3 rings (SSSR count). The summed E-state index contributed by atoms with van der Waals surface area (Å²) in [6.45, 7) is 4.18. The minimum atomic E-state index is 0.0755. The highest BCUT2D eigenvalue weighted by Crippen LogP contribution is 2.36. The van der Waals surface area contributed by atoms with Crippen molar-refractivity contribution >= 4 is 39.7 Å². The van der Waals surface area contributed by atoms with E-state index in [1.54, 1.807) is 11.8 Å². The first-order chi connectivity index (χ1) is 10.1. The molecule has 1 fully saturated rings. The summed E-state index contributed by atoms with van der Waals surface area (Å²) in [6.07, 6.45) is 2.68. The van der Waals surface area contributed by atoms with Crippen LogP contribution in [0.5, 0.6) is 0 Å². The predicted octanol–water partition coefficient (Wildman–Crippen LogP) is 4.11. The van der Waals surface area contributed by atoms with Crippen molar-refractivity contribution in [1.29, 1.82) is 0 Å². The molecule has 0 spiro atoms. The molecule has 1 aromatic heterocycles. The quantitative estimate of drug-likeness (QED) is 0.919. The van der Waals surface area contributed by atoms with Gasteiger partial charge in [-0.25, -0.2) is 0 Å². The number of rotatable bonds is 4. The number of hydrogen-bond donors (Lipinski definition) is 1. The Labute approximate surface area is 132 Å².